The Morgan fingerprint density at radius 2 is 1.90 bits per heavy atom. The maximum Gasteiger partial charge on any atom is 0.313 e. The van der Waals surface area contributed by atoms with Crippen LogP contribution in [0.3, 0.4) is 0 Å². The Morgan fingerprint density at radius 3 is 2.50 bits per heavy atom. The smallest absolute Gasteiger partial charge is 0.313 e. The van der Waals surface area contributed by atoms with Crippen molar-refractivity contribution >= 4 is 29.1 Å². The van der Waals surface area contributed by atoms with Crippen molar-refractivity contribution in [2.24, 2.45) is 5.92 Å². The molecule has 6 heteroatoms. The molecule has 110 valence electrons. The van der Waals surface area contributed by atoms with Gasteiger partial charge in [0, 0.05) is 6.54 Å². The minimum atomic E-state index is -0.762. The molecular formula is C14H19ClN2O3. The van der Waals surface area contributed by atoms with Gasteiger partial charge in [-0.15, -0.1) is 0 Å². The van der Waals surface area contributed by atoms with Crippen LogP contribution < -0.4 is 10.6 Å². The topological polar surface area (TPSA) is 78.4 Å². The maximum atomic E-state index is 11.7. The van der Waals surface area contributed by atoms with E-state index in [0.29, 0.717) is 23.7 Å². The molecule has 0 fully saturated rings. The number of halogens is 1. The fourth-order valence-electron chi connectivity index (χ4n) is 1.75. The molecule has 20 heavy (non-hydrogen) atoms. The first-order valence-electron chi connectivity index (χ1n) is 6.42. The molecule has 0 saturated carbocycles. The first kappa shape index (κ1) is 16.5. The standard InChI is InChI=1S/C14H19ClN2O3/c1-9(7-10(2)18)8-16-13(19)14(20)17-12-6-4-3-5-11(12)15/h3-6,9-10,18H,7-8H2,1-2H3,(H,16,19)(H,17,20). The van der Waals surface area contributed by atoms with Crippen LogP contribution >= 0.6 is 11.6 Å². The van der Waals surface area contributed by atoms with E-state index in [1.54, 1.807) is 31.2 Å². The van der Waals surface area contributed by atoms with E-state index in [1.807, 2.05) is 6.92 Å². The molecule has 0 heterocycles. The molecule has 0 saturated heterocycles. The first-order chi connectivity index (χ1) is 9.40. The Labute approximate surface area is 123 Å². The van der Waals surface area contributed by atoms with Crippen molar-refractivity contribution in [2.75, 3.05) is 11.9 Å². The molecule has 0 bridgehead atoms. The van der Waals surface area contributed by atoms with Crippen molar-refractivity contribution in [1.82, 2.24) is 5.32 Å². The largest absolute Gasteiger partial charge is 0.393 e. The maximum absolute atomic E-state index is 11.7. The third-order valence-electron chi connectivity index (χ3n) is 2.68. The lowest BCUT2D eigenvalue weighted by Gasteiger charge is -2.14. The third-order valence-corrected chi connectivity index (χ3v) is 3.01. The Balaban J connectivity index is 2.44. The predicted molar refractivity (Wildman–Crippen MR) is 78.6 cm³/mol. The molecule has 0 radical (unpaired) electrons. The van der Waals surface area contributed by atoms with E-state index in [9.17, 15) is 14.7 Å². The quantitative estimate of drug-likeness (QED) is 0.725. The highest BCUT2D eigenvalue weighted by Crippen LogP contribution is 2.20. The lowest BCUT2D eigenvalue weighted by Crippen LogP contribution is -2.38. The highest BCUT2D eigenvalue weighted by atomic mass is 35.5. The fraction of sp³-hybridized carbons (Fsp3) is 0.429. The van der Waals surface area contributed by atoms with Gasteiger partial charge < -0.3 is 15.7 Å². The summed E-state index contributed by atoms with van der Waals surface area (Å²) in [6.07, 6.45) is 0.130. The van der Waals surface area contributed by atoms with Crippen LogP contribution in [-0.4, -0.2) is 29.6 Å². The minimum absolute atomic E-state index is 0.0899. The van der Waals surface area contributed by atoms with Gasteiger partial charge >= 0.3 is 11.8 Å². The van der Waals surface area contributed by atoms with Gasteiger partial charge in [-0.2, -0.15) is 0 Å². The molecule has 1 aromatic rings. The number of rotatable bonds is 5. The monoisotopic (exact) mass is 298 g/mol. The summed E-state index contributed by atoms with van der Waals surface area (Å²) in [7, 11) is 0. The number of benzene rings is 1. The summed E-state index contributed by atoms with van der Waals surface area (Å²) in [4.78, 5) is 23.3. The van der Waals surface area contributed by atoms with Gasteiger partial charge in [0.25, 0.3) is 0 Å². The van der Waals surface area contributed by atoms with Crippen LogP contribution in [0.1, 0.15) is 20.3 Å². The second kappa shape index (κ2) is 7.87. The fourth-order valence-corrected chi connectivity index (χ4v) is 1.94. The highest BCUT2D eigenvalue weighted by Gasteiger charge is 2.16. The summed E-state index contributed by atoms with van der Waals surface area (Å²) in [5.41, 5.74) is 0.395. The average Bonchev–Trinajstić information content (AvgIpc) is 2.37. The summed E-state index contributed by atoms with van der Waals surface area (Å²) >= 11 is 5.88. The number of para-hydroxylation sites is 1. The average molecular weight is 299 g/mol. The third kappa shape index (κ3) is 5.59. The number of aliphatic hydroxyl groups is 1. The van der Waals surface area contributed by atoms with Crippen LogP contribution in [0.5, 0.6) is 0 Å². The van der Waals surface area contributed by atoms with Crippen LogP contribution in [0.2, 0.25) is 5.02 Å². The van der Waals surface area contributed by atoms with Crippen molar-refractivity contribution in [1.29, 1.82) is 0 Å². The number of hydrogen-bond donors (Lipinski definition) is 3. The van der Waals surface area contributed by atoms with Crippen molar-refractivity contribution in [2.45, 2.75) is 26.4 Å². The zero-order chi connectivity index (χ0) is 15.1. The van der Waals surface area contributed by atoms with E-state index in [4.69, 9.17) is 11.6 Å². The van der Waals surface area contributed by atoms with Crippen molar-refractivity contribution in [3.8, 4) is 0 Å². The Morgan fingerprint density at radius 1 is 1.25 bits per heavy atom. The minimum Gasteiger partial charge on any atom is -0.393 e. The summed E-state index contributed by atoms with van der Waals surface area (Å²) in [6, 6.07) is 6.68. The van der Waals surface area contributed by atoms with Gasteiger partial charge in [0.15, 0.2) is 0 Å². The van der Waals surface area contributed by atoms with Gasteiger partial charge in [0.05, 0.1) is 16.8 Å². The van der Waals surface area contributed by atoms with Gasteiger partial charge in [0.2, 0.25) is 0 Å². The van der Waals surface area contributed by atoms with Crippen LogP contribution in [0.15, 0.2) is 24.3 Å². The number of aliphatic hydroxyl groups excluding tert-OH is 1. The molecule has 2 atom stereocenters. The van der Waals surface area contributed by atoms with E-state index in [2.05, 4.69) is 10.6 Å². The molecule has 5 nitrogen and oxygen atoms in total. The highest BCUT2D eigenvalue weighted by molar-refractivity contribution is 6.41. The summed E-state index contributed by atoms with van der Waals surface area (Å²) in [5, 5.41) is 14.6. The molecule has 1 rings (SSSR count). The molecule has 0 aromatic heterocycles. The van der Waals surface area contributed by atoms with Gasteiger partial charge in [-0.25, -0.2) is 0 Å². The molecule has 2 amide bonds. The molecule has 0 aliphatic heterocycles. The van der Waals surface area contributed by atoms with Crippen molar-refractivity contribution in [3.63, 3.8) is 0 Å². The number of hydrogen-bond acceptors (Lipinski definition) is 3. The van der Waals surface area contributed by atoms with Gasteiger partial charge in [-0.05, 0) is 31.4 Å². The van der Waals surface area contributed by atoms with E-state index in [0.717, 1.165) is 0 Å². The van der Waals surface area contributed by atoms with E-state index in [-0.39, 0.29) is 5.92 Å². The Hall–Kier alpha value is -1.59. The van der Waals surface area contributed by atoms with Crippen LogP contribution in [-0.2, 0) is 9.59 Å². The van der Waals surface area contributed by atoms with Crippen molar-refractivity contribution in [3.05, 3.63) is 29.3 Å². The van der Waals surface area contributed by atoms with E-state index in [1.165, 1.54) is 0 Å². The molecule has 2 unspecified atom stereocenters. The van der Waals surface area contributed by atoms with Crippen LogP contribution in [0.25, 0.3) is 0 Å². The number of carbonyl (C=O) groups is 2. The van der Waals surface area contributed by atoms with Crippen molar-refractivity contribution < 1.29 is 14.7 Å². The molecule has 1 aromatic carbocycles. The lowest BCUT2D eigenvalue weighted by atomic mass is 10.0. The lowest BCUT2D eigenvalue weighted by molar-refractivity contribution is -0.136. The number of anilines is 1. The predicted octanol–water partition coefficient (Wildman–Crippen LogP) is 1.80. The summed E-state index contributed by atoms with van der Waals surface area (Å²) in [6.45, 7) is 3.90. The van der Waals surface area contributed by atoms with E-state index >= 15 is 0 Å². The second-order valence-corrected chi connectivity index (χ2v) is 5.24. The Bertz CT molecular complexity index is 477. The van der Waals surface area contributed by atoms with Crippen LogP contribution in [0, 0.1) is 5.92 Å². The molecular weight excluding hydrogens is 280 g/mol. The second-order valence-electron chi connectivity index (χ2n) is 4.83. The molecule has 0 spiro atoms. The molecule has 3 N–H and O–H groups in total. The van der Waals surface area contributed by atoms with E-state index < -0.39 is 17.9 Å². The summed E-state index contributed by atoms with van der Waals surface area (Å²) in [5.74, 6) is -1.39. The number of carbonyl (C=O) groups excluding carboxylic acids is 2. The first-order valence-corrected chi connectivity index (χ1v) is 6.79. The summed E-state index contributed by atoms with van der Waals surface area (Å²) < 4.78 is 0. The Kier molecular flexibility index (Phi) is 6.48. The number of amides is 2. The molecule has 0 aliphatic rings. The zero-order valence-corrected chi connectivity index (χ0v) is 12.3. The zero-order valence-electron chi connectivity index (χ0n) is 11.5. The normalized spacial score (nSPS) is 13.4. The molecule has 0 aliphatic carbocycles. The van der Waals surface area contributed by atoms with Gasteiger partial charge in [-0.3, -0.25) is 9.59 Å². The van der Waals surface area contributed by atoms with Gasteiger partial charge in [-0.1, -0.05) is 30.7 Å². The van der Waals surface area contributed by atoms with Crippen LogP contribution in [0.4, 0.5) is 5.69 Å². The van der Waals surface area contributed by atoms with Gasteiger partial charge in [0.1, 0.15) is 0 Å². The number of nitrogens with one attached hydrogen (secondary N) is 2. The SMILES string of the molecule is CC(O)CC(C)CNC(=O)C(=O)Nc1ccccc1Cl.